The second-order valence-corrected chi connectivity index (χ2v) is 7.59. The Balaban J connectivity index is 3.31. The maximum atomic E-state index is 11.4. The topological polar surface area (TPSA) is 84.3 Å². The van der Waals surface area contributed by atoms with Crippen molar-refractivity contribution in [2.75, 3.05) is 6.26 Å². The summed E-state index contributed by atoms with van der Waals surface area (Å²) in [5.74, 6) is -1.10. The molecular formula is C10H15NO4S2. The van der Waals surface area contributed by atoms with E-state index in [-0.39, 0.29) is 10.8 Å². The Hall–Kier alpha value is -0.950. The van der Waals surface area contributed by atoms with Crippen molar-refractivity contribution in [2.24, 2.45) is 0 Å². The summed E-state index contributed by atoms with van der Waals surface area (Å²) in [5, 5.41) is 8.61. The first-order valence-electron chi connectivity index (χ1n) is 5.07. The molecule has 1 aromatic rings. The fourth-order valence-corrected chi connectivity index (χ4v) is 3.33. The van der Waals surface area contributed by atoms with Gasteiger partial charge in [-0.1, -0.05) is 13.8 Å². The molecule has 1 heterocycles. The van der Waals surface area contributed by atoms with Crippen molar-refractivity contribution in [1.29, 1.82) is 0 Å². The van der Waals surface area contributed by atoms with Crippen LogP contribution >= 0.6 is 11.3 Å². The number of aromatic carboxylic acids is 1. The highest BCUT2D eigenvalue weighted by atomic mass is 32.2. The molecule has 7 heteroatoms. The van der Waals surface area contributed by atoms with Crippen LogP contribution in [0.15, 0.2) is 0 Å². The maximum Gasteiger partial charge on any atom is 0.347 e. The number of hydrogen-bond acceptors (Lipinski definition) is 5. The van der Waals surface area contributed by atoms with Crippen LogP contribution in [0.25, 0.3) is 0 Å². The molecule has 0 bridgehead atoms. The summed E-state index contributed by atoms with van der Waals surface area (Å²) in [7, 11) is -3.26. The van der Waals surface area contributed by atoms with Gasteiger partial charge in [0.2, 0.25) is 0 Å². The molecule has 0 spiro atoms. The fraction of sp³-hybridized carbons (Fsp3) is 0.600. The van der Waals surface area contributed by atoms with Crippen molar-refractivity contribution in [3.63, 3.8) is 0 Å². The second-order valence-electron chi connectivity index (χ2n) is 4.20. The van der Waals surface area contributed by atoms with Crippen molar-refractivity contribution in [1.82, 2.24) is 4.98 Å². The Morgan fingerprint density at radius 3 is 2.18 bits per heavy atom. The molecule has 17 heavy (non-hydrogen) atoms. The van der Waals surface area contributed by atoms with Gasteiger partial charge in [-0.25, -0.2) is 18.2 Å². The monoisotopic (exact) mass is 277 g/mol. The summed E-state index contributed by atoms with van der Waals surface area (Å²) in [4.78, 5) is 15.3. The molecule has 0 fully saturated rings. The zero-order chi connectivity index (χ0) is 13.4. The van der Waals surface area contributed by atoms with Crippen LogP contribution in [0, 0.1) is 0 Å². The largest absolute Gasteiger partial charge is 0.477 e. The molecule has 96 valence electrons. The highest BCUT2D eigenvalue weighted by molar-refractivity contribution is 7.91. The van der Waals surface area contributed by atoms with Gasteiger partial charge in [-0.3, -0.25) is 0 Å². The number of aromatic nitrogens is 1. The van der Waals surface area contributed by atoms with Crippen molar-refractivity contribution < 1.29 is 18.3 Å². The first kappa shape index (κ1) is 14.1. The van der Waals surface area contributed by atoms with Crippen molar-refractivity contribution in [3.8, 4) is 0 Å². The molecule has 5 nitrogen and oxygen atoms in total. The van der Waals surface area contributed by atoms with Gasteiger partial charge >= 0.3 is 5.97 Å². The molecule has 0 radical (unpaired) electrons. The Bertz CT molecular complexity index is 531. The smallest absolute Gasteiger partial charge is 0.347 e. The minimum Gasteiger partial charge on any atom is -0.477 e. The van der Waals surface area contributed by atoms with E-state index >= 15 is 0 Å². The molecule has 1 aromatic heterocycles. The van der Waals surface area contributed by atoms with Crippen molar-refractivity contribution in [2.45, 2.75) is 31.9 Å². The van der Waals surface area contributed by atoms with Gasteiger partial charge in [0, 0.05) is 6.26 Å². The lowest BCUT2D eigenvalue weighted by atomic mass is 10.1. The number of rotatable bonds is 4. The summed E-state index contributed by atoms with van der Waals surface area (Å²) < 4.78 is 22.8. The first-order chi connectivity index (χ1) is 7.64. The van der Waals surface area contributed by atoms with Gasteiger partial charge in [0.05, 0.1) is 5.69 Å². The third-order valence-corrected chi connectivity index (χ3v) is 5.30. The minimum absolute atomic E-state index is 0.0436. The van der Waals surface area contributed by atoms with E-state index in [0.717, 1.165) is 17.6 Å². The summed E-state index contributed by atoms with van der Waals surface area (Å²) in [5.41, 5.74) is 0.452. The van der Waals surface area contributed by atoms with Gasteiger partial charge in [0.1, 0.15) is 15.1 Å². The molecule has 0 aliphatic heterocycles. The normalized spacial score (nSPS) is 13.9. The number of carboxylic acids is 1. The lowest BCUT2D eigenvalue weighted by molar-refractivity contribution is 0.0700. The molecule has 1 atom stereocenters. The van der Waals surface area contributed by atoms with Crippen LogP contribution in [0.3, 0.4) is 0 Å². The van der Waals surface area contributed by atoms with Crippen LogP contribution in [0.5, 0.6) is 0 Å². The van der Waals surface area contributed by atoms with Crippen LogP contribution in [0.1, 0.15) is 52.3 Å². The molecule has 0 amide bonds. The lowest BCUT2D eigenvalue weighted by Crippen LogP contribution is -2.07. The van der Waals surface area contributed by atoms with Gasteiger partial charge in [-0.15, -0.1) is 11.3 Å². The molecular weight excluding hydrogens is 262 g/mol. The van der Waals surface area contributed by atoms with Crippen LogP contribution in [-0.2, 0) is 9.84 Å². The van der Waals surface area contributed by atoms with Crippen LogP contribution in [0.2, 0.25) is 0 Å². The number of thiazole rings is 1. The maximum absolute atomic E-state index is 11.4. The second kappa shape index (κ2) is 4.73. The third-order valence-electron chi connectivity index (χ3n) is 2.40. The highest BCUT2D eigenvalue weighted by Crippen LogP contribution is 2.31. The Morgan fingerprint density at radius 1 is 1.35 bits per heavy atom. The van der Waals surface area contributed by atoms with Gasteiger partial charge in [-0.2, -0.15) is 0 Å². The Labute approximate surface area is 104 Å². The summed E-state index contributed by atoms with van der Waals surface area (Å²) in [6.07, 6.45) is 1.12. The van der Waals surface area contributed by atoms with Crippen molar-refractivity contribution >= 4 is 27.1 Å². The summed E-state index contributed by atoms with van der Waals surface area (Å²) >= 11 is 0.941. The quantitative estimate of drug-likeness (QED) is 0.910. The third kappa shape index (κ3) is 3.04. The van der Waals surface area contributed by atoms with E-state index in [9.17, 15) is 13.2 Å². The van der Waals surface area contributed by atoms with E-state index < -0.39 is 21.1 Å². The Morgan fingerprint density at radius 2 is 1.88 bits per heavy atom. The van der Waals surface area contributed by atoms with Gasteiger partial charge in [-0.05, 0) is 12.8 Å². The molecule has 0 saturated carbocycles. The fourth-order valence-electron chi connectivity index (χ4n) is 1.25. The van der Waals surface area contributed by atoms with Crippen LogP contribution < -0.4 is 0 Å². The zero-order valence-electron chi connectivity index (χ0n) is 10.1. The van der Waals surface area contributed by atoms with E-state index in [1.54, 1.807) is 0 Å². The predicted molar refractivity (Wildman–Crippen MR) is 66.4 cm³/mol. The van der Waals surface area contributed by atoms with Gasteiger partial charge in [0.15, 0.2) is 9.84 Å². The van der Waals surface area contributed by atoms with E-state index in [0.29, 0.717) is 10.7 Å². The Kier molecular flexibility index (Phi) is 3.93. The standard InChI is InChI=1S/C10H15NO4S2/c1-5(2)7-8(10(12)13)16-9(11-7)6(3)17(4,14)15/h5-6H,1-4H3,(H,12,13). The molecule has 1 N–H and O–H groups in total. The molecule has 1 unspecified atom stereocenters. The number of carbonyl (C=O) groups is 1. The number of sulfone groups is 1. The average Bonchev–Trinajstić information content (AvgIpc) is 2.59. The molecule has 0 aliphatic rings. The van der Waals surface area contributed by atoms with Crippen molar-refractivity contribution in [3.05, 3.63) is 15.6 Å². The number of hydrogen-bond donors (Lipinski definition) is 1. The van der Waals surface area contributed by atoms with E-state index in [1.165, 1.54) is 6.92 Å². The van der Waals surface area contributed by atoms with Crippen LogP contribution in [0.4, 0.5) is 0 Å². The molecule has 0 aliphatic carbocycles. The molecule has 0 aromatic carbocycles. The summed E-state index contributed by atoms with van der Waals surface area (Å²) in [6.45, 7) is 5.18. The van der Waals surface area contributed by atoms with Crippen LogP contribution in [-0.4, -0.2) is 30.7 Å². The minimum atomic E-state index is -3.26. The first-order valence-corrected chi connectivity index (χ1v) is 7.84. The SMILES string of the molecule is CC(C)c1nc(C(C)S(C)(=O)=O)sc1C(=O)O. The highest BCUT2D eigenvalue weighted by Gasteiger charge is 2.26. The zero-order valence-corrected chi connectivity index (χ0v) is 11.7. The van der Waals surface area contributed by atoms with E-state index in [2.05, 4.69) is 4.98 Å². The summed E-state index contributed by atoms with van der Waals surface area (Å²) in [6, 6.07) is 0. The lowest BCUT2D eigenvalue weighted by Gasteiger charge is -2.04. The van der Waals surface area contributed by atoms with Gasteiger partial charge < -0.3 is 5.11 Å². The molecule has 0 saturated heterocycles. The number of carboxylic acid groups (broad SMARTS) is 1. The van der Waals surface area contributed by atoms with Gasteiger partial charge in [0.25, 0.3) is 0 Å². The van der Waals surface area contributed by atoms with E-state index in [1.807, 2.05) is 13.8 Å². The molecule has 1 rings (SSSR count). The van der Waals surface area contributed by atoms with E-state index in [4.69, 9.17) is 5.11 Å². The number of nitrogens with zero attached hydrogens (tertiary/aromatic N) is 1. The average molecular weight is 277 g/mol. The predicted octanol–water partition coefficient (Wildman–Crippen LogP) is 2.07.